The summed E-state index contributed by atoms with van der Waals surface area (Å²) < 4.78 is 5.39. The molecule has 0 aliphatic heterocycles. The molecule has 0 saturated carbocycles. The smallest absolute Gasteiger partial charge is 0.339 e. The quantitative estimate of drug-likeness (QED) is 0.664. The standard InChI is InChI=1S/C21H19ClN2O3/c1-12-11-16(15-7-4-5-9-19(15)23-12)21(26)27-14(3)20(25)24-18-10-6-8-17(22)13(18)2/h4-11,14H,1-3H3,(H,24,25)/t14-/m1/s1. The molecule has 0 bridgehead atoms. The summed E-state index contributed by atoms with van der Waals surface area (Å²) in [6.45, 7) is 5.14. The number of benzene rings is 2. The van der Waals surface area contributed by atoms with E-state index in [1.54, 1.807) is 44.2 Å². The van der Waals surface area contributed by atoms with Crippen LogP contribution < -0.4 is 5.32 Å². The minimum absolute atomic E-state index is 0.386. The Bertz CT molecular complexity index is 1030. The SMILES string of the molecule is Cc1cc(C(=O)O[C@H](C)C(=O)Nc2cccc(Cl)c2C)c2ccccc2n1. The summed E-state index contributed by atoms with van der Waals surface area (Å²) in [7, 11) is 0. The summed E-state index contributed by atoms with van der Waals surface area (Å²) in [6.07, 6.45) is -0.969. The van der Waals surface area contributed by atoms with Gasteiger partial charge in [0.2, 0.25) is 0 Å². The van der Waals surface area contributed by atoms with Crippen LogP contribution in [0.1, 0.15) is 28.5 Å². The van der Waals surface area contributed by atoms with Crippen LogP contribution in [0.4, 0.5) is 5.69 Å². The molecule has 1 heterocycles. The summed E-state index contributed by atoms with van der Waals surface area (Å²) in [5, 5.41) is 3.98. The van der Waals surface area contributed by atoms with Crippen LogP contribution in [0.15, 0.2) is 48.5 Å². The number of nitrogens with one attached hydrogen (secondary N) is 1. The lowest BCUT2D eigenvalue weighted by Crippen LogP contribution is -2.30. The zero-order valence-corrected chi connectivity index (χ0v) is 16.0. The maximum atomic E-state index is 12.6. The van der Waals surface area contributed by atoms with Gasteiger partial charge in [-0.05, 0) is 50.6 Å². The third kappa shape index (κ3) is 4.09. The Morgan fingerprint density at radius 1 is 1.11 bits per heavy atom. The number of aryl methyl sites for hydroxylation is 1. The van der Waals surface area contributed by atoms with Crippen LogP contribution in [0.2, 0.25) is 5.02 Å². The Kier molecular flexibility index (Phi) is 5.42. The minimum atomic E-state index is -0.969. The van der Waals surface area contributed by atoms with Crippen molar-refractivity contribution in [3.8, 4) is 0 Å². The first-order valence-electron chi connectivity index (χ1n) is 8.50. The number of esters is 1. The molecule has 0 fully saturated rings. The Balaban J connectivity index is 1.78. The molecule has 6 heteroatoms. The van der Waals surface area contributed by atoms with Gasteiger partial charge in [0.1, 0.15) is 0 Å². The lowest BCUT2D eigenvalue weighted by atomic mass is 10.1. The number of carbonyl (C=O) groups is 2. The highest BCUT2D eigenvalue weighted by Gasteiger charge is 2.21. The van der Waals surface area contributed by atoms with Gasteiger partial charge in [-0.3, -0.25) is 9.78 Å². The molecule has 5 nitrogen and oxygen atoms in total. The van der Waals surface area contributed by atoms with Crippen molar-refractivity contribution in [3.63, 3.8) is 0 Å². The lowest BCUT2D eigenvalue weighted by molar-refractivity contribution is -0.123. The number of hydrogen-bond acceptors (Lipinski definition) is 4. The van der Waals surface area contributed by atoms with Gasteiger partial charge in [0.15, 0.2) is 6.10 Å². The molecule has 0 saturated heterocycles. The van der Waals surface area contributed by atoms with Crippen molar-refractivity contribution in [1.82, 2.24) is 4.98 Å². The van der Waals surface area contributed by atoms with Crippen molar-refractivity contribution in [2.75, 3.05) is 5.32 Å². The van der Waals surface area contributed by atoms with Crippen molar-refractivity contribution in [2.45, 2.75) is 26.9 Å². The molecule has 0 radical (unpaired) electrons. The topological polar surface area (TPSA) is 68.3 Å². The van der Waals surface area contributed by atoms with Crippen LogP contribution in [-0.2, 0) is 9.53 Å². The number of nitrogens with zero attached hydrogens (tertiary/aromatic N) is 1. The van der Waals surface area contributed by atoms with E-state index in [2.05, 4.69) is 10.3 Å². The van der Waals surface area contributed by atoms with Gasteiger partial charge in [0.25, 0.3) is 5.91 Å². The van der Waals surface area contributed by atoms with Gasteiger partial charge in [-0.15, -0.1) is 0 Å². The van der Waals surface area contributed by atoms with E-state index >= 15 is 0 Å². The van der Waals surface area contributed by atoms with Crippen molar-refractivity contribution >= 4 is 40.1 Å². The van der Waals surface area contributed by atoms with Gasteiger partial charge in [0.05, 0.1) is 11.1 Å². The predicted octanol–water partition coefficient (Wildman–Crippen LogP) is 4.69. The van der Waals surface area contributed by atoms with Crippen LogP contribution >= 0.6 is 11.6 Å². The van der Waals surface area contributed by atoms with Gasteiger partial charge in [-0.2, -0.15) is 0 Å². The molecule has 1 N–H and O–H groups in total. The summed E-state index contributed by atoms with van der Waals surface area (Å²) >= 11 is 6.07. The van der Waals surface area contributed by atoms with E-state index in [1.165, 1.54) is 6.92 Å². The Hall–Kier alpha value is -2.92. The highest BCUT2D eigenvalue weighted by atomic mass is 35.5. The number of pyridine rings is 1. The molecule has 3 rings (SSSR count). The van der Waals surface area contributed by atoms with Gasteiger partial charge in [-0.25, -0.2) is 4.79 Å². The Labute approximate surface area is 162 Å². The fourth-order valence-electron chi connectivity index (χ4n) is 2.73. The molecule has 1 amide bonds. The number of ether oxygens (including phenoxy) is 1. The van der Waals surface area contributed by atoms with Crippen LogP contribution in [0, 0.1) is 13.8 Å². The Morgan fingerprint density at radius 2 is 1.85 bits per heavy atom. The largest absolute Gasteiger partial charge is 0.449 e. The number of para-hydroxylation sites is 1. The number of halogens is 1. The first-order valence-corrected chi connectivity index (χ1v) is 8.88. The summed E-state index contributed by atoms with van der Waals surface area (Å²) in [5.41, 5.74) is 3.13. The average molecular weight is 383 g/mol. The Morgan fingerprint density at radius 3 is 2.63 bits per heavy atom. The number of aromatic nitrogens is 1. The van der Waals surface area contributed by atoms with E-state index in [1.807, 2.05) is 18.2 Å². The van der Waals surface area contributed by atoms with E-state index in [9.17, 15) is 9.59 Å². The zero-order valence-electron chi connectivity index (χ0n) is 15.2. The molecular weight excluding hydrogens is 364 g/mol. The molecule has 0 spiro atoms. The van der Waals surface area contributed by atoms with Crippen LogP contribution in [0.3, 0.4) is 0 Å². The summed E-state index contributed by atoms with van der Waals surface area (Å²) in [5.74, 6) is -0.994. The molecule has 1 aromatic heterocycles. The molecular formula is C21H19ClN2O3. The van der Waals surface area contributed by atoms with Crippen molar-refractivity contribution < 1.29 is 14.3 Å². The number of rotatable bonds is 4. The van der Waals surface area contributed by atoms with Gasteiger partial charge < -0.3 is 10.1 Å². The molecule has 138 valence electrons. The molecule has 2 aromatic carbocycles. The van der Waals surface area contributed by atoms with E-state index in [0.717, 1.165) is 5.56 Å². The second-order valence-corrected chi connectivity index (χ2v) is 6.68. The first kappa shape index (κ1) is 18.9. The van der Waals surface area contributed by atoms with Crippen molar-refractivity contribution in [3.05, 3.63) is 70.4 Å². The number of fused-ring (bicyclic) bond motifs is 1. The molecule has 0 aliphatic rings. The summed E-state index contributed by atoms with van der Waals surface area (Å²) in [6, 6.07) is 14.2. The number of carbonyl (C=O) groups excluding carboxylic acids is 2. The number of hydrogen-bond donors (Lipinski definition) is 1. The maximum Gasteiger partial charge on any atom is 0.339 e. The second kappa shape index (κ2) is 7.76. The number of anilines is 1. The van der Waals surface area contributed by atoms with Crippen molar-refractivity contribution in [2.24, 2.45) is 0 Å². The lowest BCUT2D eigenvalue weighted by Gasteiger charge is -2.16. The van der Waals surface area contributed by atoms with E-state index in [-0.39, 0.29) is 0 Å². The predicted molar refractivity (Wildman–Crippen MR) is 106 cm³/mol. The third-order valence-corrected chi connectivity index (χ3v) is 4.65. The van der Waals surface area contributed by atoms with Crippen LogP contribution in [0.5, 0.6) is 0 Å². The third-order valence-electron chi connectivity index (χ3n) is 4.24. The highest BCUT2D eigenvalue weighted by molar-refractivity contribution is 6.31. The summed E-state index contributed by atoms with van der Waals surface area (Å²) in [4.78, 5) is 29.5. The van der Waals surface area contributed by atoms with E-state index in [4.69, 9.17) is 16.3 Å². The van der Waals surface area contributed by atoms with E-state index < -0.39 is 18.0 Å². The normalized spacial score (nSPS) is 11.9. The van der Waals surface area contributed by atoms with Crippen LogP contribution in [-0.4, -0.2) is 23.0 Å². The first-order chi connectivity index (χ1) is 12.9. The highest BCUT2D eigenvalue weighted by Crippen LogP contribution is 2.23. The van der Waals surface area contributed by atoms with Gasteiger partial charge >= 0.3 is 5.97 Å². The molecule has 3 aromatic rings. The average Bonchev–Trinajstić information content (AvgIpc) is 2.64. The second-order valence-electron chi connectivity index (χ2n) is 6.28. The fraction of sp³-hybridized carbons (Fsp3) is 0.190. The fourth-order valence-corrected chi connectivity index (χ4v) is 2.91. The molecule has 1 atom stereocenters. The molecule has 0 aliphatic carbocycles. The van der Waals surface area contributed by atoms with Gasteiger partial charge in [-0.1, -0.05) is 35.9 Å². The monoisotopic (exact) mass is 382 g/mol. The molecule has 27 heavy (non-hydrogen) atoms. The maximum absolute atomic E-state index is 12.6. The number of amides is 1. The molecule has 0 unspecified atom stereocenters. The zero-order chi connectivity index (χ0) is 19.6. The van der Waals surface area contributed by atoms with Crippen LogP contribution in [0.25, 0.3) is 10.9 Å². The van der Waals surface area contributed by atoms with Crippen molar-refractivity contribution in [1.29, 1.82) is 0 Å². The van der Waals surface area contributed by atoms with E-state index in [0.29, 0.717) is 32.9 Å². The van der Waals surface area contributed by atoms with Gasteiger partial charge in [0, 0.05) is 21.8 Å². The minimum Gasteiger partial charge on any atom is -0.449 e.